The summed E-state index contributed by atoms with van der Waals surface area (Å²) in [6.45, 7) is 1.95. The van der Waals surface area contributed by atoms with Crippen molar-refractivity contribution in [2.75, 3.05) is 13.7 Å². The number of esters is 1. The van der Waals surface area contributed by atoms with E-state index >= 15 is 0 Å². The summed E-state index contributed by atoms with van der Waals surface area (Å²) in [7, 11) is 1.23. The van der Waals surface area contributed by atoms with Crippen molar-refractivity contribution in [3.63, 3.8) is 0 Å². The van der Waals surface area contributed by atoms with Crippen molar-refractivity contribution in [1.82, 2.24) is 0 Å². The number of nitrogens with zero attached hydrogens (tertiary/aromatic N) is 1. The molecule has 0 aliphatic carbocycles. The van der Waals surface area contributed by atoms with E-state index < -0.39 is 10.9 Å². The van der Waals surface area contributed by atoms with Crippen LogP contribution in [0.4, 0.5) is 5.69 Å². The van der Waals surface area contributed by atoms with Crippen molar-refractivity contribution in [3.8, 4) is 0 Å². The molecule has 0 fully saturated rings. The van der Waals surface area contributed by atoms with Gasteiger partial charge >= 0.3 is 5.97 Å². The van der Waals surface area contributed by atoms with Gasteiger partial charge in [0.15, 0.2) is 0 Å². The Morgan fingerprint density at radius 3 is 2.71 bits per heavy atom. The highest BCUT2D eigenvalue weighted by molar-refractivity contribution is 5.92. The first-order valence-corrected chi connectivity index (χ1v) is 5.08. The lowest BCUT2D eigenvalue weighted by molar-refractivity contribution is -0.385. The number of nitro groups is 1. The molecule has 17 heavy (non-hydrogen) atoms. The molecule has 1 unspecified atom stereocenters. The van der Waals surface area contributed by atoms with Crippen LogP contribution in [0.25, 0.3) is 0 Å². The van der Waals surface area contributed by atoms with E-state index in [4.69, 9.17) is 5.73 Å². The number of hydrogen-bond donors (Lipinski definition) is 1. The molecule has 1 rings (SSSR count). The van der Waals surface area contributed by atoms with Crippen LogP contribution in [0.5, 0.6) is 0 Å². The molecule has 1 atom stereocenters. The van der Waals surface area contributed by atoms with Crippen molar-refractivity contribution in [2.45, 2.75) is 12.8 Å². The average Bonchev–Trinajstić information content (AvgIpc) is 2.35. The monoisotopic (exact) mass is 238 g/mol. The zero-order chi connectivity index (χ0) is 13.0. The van der Waals surface area contributed by atoms with Gasteiger partial charge in [-0.1, -0.05) is 13.0 Å². The number of rotatable bonds is 4. The van der Waals surface area contributed by atoms with Gasteiger partial charge in [0.2, 0.25) is 0 Å². The summed E-state index contributed by atoms with van der Waals surface area (Å²) < 4.78 is 4.60. The standard InChI is InChI=1S/C11H14N2O4/c1-7(6-12)10-8(11(14)17-2)4-3-5-9(10)13(15)16/h3-5,7H,6,12H2,1-2H3. The number of methoxy groups -OCH3 is 1. The first kappa shape index (κ1) is 13.1. The fraction of sp³-hybridized carbons (Fsp3) is 0.364. The molecular weight excluding hydrogens is 224 g/mol. The maximum Gasteiger partial charge on any atom is 0.338 e. The van der Waals surface area contributed by atoms with Gasteiger partial charge in [0, 0.05) is 17.5 Å². The molecule has 0 bridgehead atoms. The molecule has 1 aromatic carbocycles. The number of carbonyl (C=O) groups is 1. The third-order valence-electron chi connectivity index (χ3n) is 2.53. The van der Waals surface area contributed by atoms with Crippen LogP contribution in [0, 0.1) is 10.1 Å². The van der Waals surface area contributed by atoms with Gasteiger partial charge in [-0.3, -0.25) is 10.1 Å². The van der Waals surface area contributed by atoms with Crippen LogP contribution in [0.2, 0.25) is 0 Å². The summed E-state index contributed by atoms with van der Waals surface area (Å²) in [5.74, 6) is -0.880. The molecule has 0 aromatic heterocycles. The smallest absolute Gasteiger partial charge is 0.338 e. The number of nitro benzene ring substituents is 1. The molecule has 6 nitrogen and oxygen atoms in total. The summed E-state index contributed by atoms with van der Waals surface area (Å²) in [4.78, 5) is 21.9. The van der Waals surface area contributed by atoms with Gasteiger partial charge in [-0.25, -0.2) is 4.79 Å². The predicted octanol–water partition coefficient (Wildman–Crippen LogP) is 1.44. The molecule has 0 saturated carbocycles. The zero-order valence-corrected chi connectivity index (χ0v) is 9.67. The highest BCUT2D eigenvalue weighted by Crippen LogP contribution is 2.29. The van der Waals surface area contributed by atoms with Crippen molar-refractivity contribution < 1.29 is 14.5 Å². The molecule has 0 amide bonds. The maximum atomic E-state index is 11.5. The Labute approximate surface area is 98.5 Å². The SMILES string of the molecule is COC(=O)c1cccc([N+](=O)[O-])c1C(C)CN. The lowest BCUT2D eigenvalue weighted by Crippen LogP contribution is -2.16. The zero-order valence-electron chi connectivity index (χ0n) is 9.67. The van der Waals surface area contributed by atoms with Crippen LogP contribution < -0.4 is 5.73 Å². The lowest BCUT2D eigenvalue weighted by Gasteiger charge is -2.13. The van der Waals surface area contributed by atoms with E-state index in [-0.39, 0.29) is 23.7 Å². The van der Waals surface area contributed by atoms with Gasteiger partial charge in [-0.2, -0.15) is 0 Å². The van der Waals surface area contributed by atoms with Crippen LogP contribution in [0.3, 0.4) is 0 Å². The first-order valence-electron chi connectivity index (χ1n) is 5.08. The van der Waals surface area contributed by atoms with Gasteiger partial charge in [0.1, 0.15) is 0 Å². The van der Waals surface area contributed by atoms with Crippen LogP contribution >= 0.6 is 0 Å². The van der Waals surface area contributed by atoms with Crippen molar-refractivity contribution in [1.29, 1.82) is 0 Å². The first-order chi connectivity index (χ1) is 8.02. The maximum absolute atomic E-state index is 11.5. The number of ether oxygens (including phenoxy) is 1. The van der Waals surface area contributed by atoms with Crippen LogP contribution in [0.15, 0.2) is 18.2 Å². The number of hydrogen-bond acceptors (Lipinski definition) is 5. The summed E-state index contributed by atoms with van der Waals surface area (Å²) in [6.07, 6.45) is 0. The van der Waals surface area contributed by atoms with E-state index in [1.54, 1.807) is 6.92 Å². The van der Waals surface area contributed by atoms with Gasteiger partial charge in [0.05, 0.1) is 17.6 Å². The highest BCUT2D eigenvalue weighted by Gasteiger charge is 2.25. The fourth-order valence-corrected chi connectivity index (χ4v) is 1.64. The van der Waals surface area contributed by atoms with Gasteiger partial charge in [-0.05, 0) is 12.6 Å². The van der Waals surface area contributed by atoms with Crippen molar-refractivity contribution in [3.05, 3.63) is 39.4 Å². The quantitative estimate of drug-likeness (QED) is 0.486. The Morgan fingerprint density at radius 1 is 1.59 bits per heavy atom. The highest BCUT2D eigenvalue weighted by atomic mass is 16.6. The van der Waals surface area contributed by atoms with E-state index in [0.717, 1.165) is 0 Å². The second-order valence-electron chi connectivity index (χ2n) is 3.62. The molecular formula is C11H14N2O4. The van der Waals surface area contributed by atoms with Crippen LogP contribution in [-0.4, -0.2) is 24.5 Å². The summed E-state index contributed by atoms with van der Waals surface area (Å²) in [5, 5.41) is 10.9. The van der Waals surface area contributed by atoms with Gasteiger partial charge in [-0.15, -0.1) is 0 Å². The van der Waals surface area contributed by atoms with Gasteiger partial charge < -0.3 is 10.5 Å². The van der Waals surface area contributed by atoms with Crippen LogP contribution in [-0.2, 0) is 4.74 Å². The molecule has 0 aliphatic rings. The summed E-state index contributed by atoms with van der Waals surface area (Å²) >= 11 is 0. The molecule has 92 valence electrons. The largest absolute Gasteiger partial charge is 0.465 e. The van der Waals surface area contributed by atoms with E-state index in [9.17, 15) is 14.9 Å². The Hall–Kier alpha value is -1.95. The van der Waals surface area contributed by atoms with E-state index in [2.05, 4.69) is 4.74 Å². The molecule has 0 heterocycles. The van der Waals surface area contributed by atoms with Crippen molar-refractivity contribution >= 4 is 11.7 Å². The second-order valence-corrected chi connectivity index (χ2v) is 3.62. The molecule has 1 aromatic rings. The average molecular weight is 238 g/mol. The third-order valence-corrected chi connectivity index (χ3v) is 2.53. The number of benzene rings is 1. The number of carbonyl (C=O) groups excluding carboxylic acids is 1. The Kier molecular flexibility index (Phi) is 4.17. The normalized spacial score (nSPS) is 11.9. The topological polar surface area (TPSA) is 95.5 Å². The lowest BCUT2D eigenvalue weighted by atomic mass is 9.94. The Balaban J connectivity index is 3.44. The minimum Gasteiger partial charge on any atom is -0.465 e. The molecule has 2 N–H and O–H groups in total. The second kappa shape index (κ2) is 5.40. The molecule has 6 heteroatoms. The fourth-order valence-electron chi connectivity index (χ4n) is 1.64. The molecule has 0 aliphatic heterocycles. The van der Waals surface area contributed by atoms with E-state index in [1.807, 2.05) is 0 Å². The summed E-state index contributed by atoms with van der Waals surface area (Å²) in [6, 6.07) is 4.31. The third kappa shape index (κ3) is 2.59. The number of nitrogens with two attached hydrogens (primary N) is 1. The summed E-state index contributed by atoms with van der Waals surface area (Å²) in [5.41, 5.74) is 5.92. The predicted molar refractivity (Wildman–Crippen MR) is 61.9 cm³/mol. The van der Waals surface area contributed by atoms with Crippen molar-refractivity contribution in [2.24, 2.45) is 5.73 Å². The minimum atomic E-state index is -0.594. The van der Waals surface area contributed by atoms with E-state index in [0.29, 0.717) is 5.56 Å². The van der Waals surface area contributed by atoms with Crippen LogP contribution in [0.1, 0.15) is 28.8 Å². The Morgan fingerprint density at radius 2 is 2.24 bits per heavy atom. The van der Waals surface area contributed by atoms with E-state index in [1.165, 1.54) is 25.3 Å². The Bertz CT molecular complexity index is 445. The minimum absolute atomic E-state index is 0.106. The van der Waals surface area contributed by atoms with Gasteiger partial charge in [0.25, 0.3) is 5.69 Å². The molecule has 0 saturated heterocycles. The molecule has 0 spiro atoms. The molecule has 0 radical (unpaired) electrons.